The van der Waals surface area contributed by atoms with Gasteiger partial charge in [0.25, 0.3) is 0 Å². The lowest BCUT2D eigenvalue weighted by molar-refractivity contribution is -0.180. The summed E-state index contributed by atoms with van der Waals surface area (Å²) in [6.45, 7) is 11.6. The second-order valence-corrected chi connectivity index (χ2v) is 13.5. The average Bonchev–Trinajstić information content (AvgIpc) is 3.38. The Kier molecular flexibility index (Phi) is 5.69. The minimum Gasteiger partial charge on any atom is -0.466 e. The van der Waals surface area contributed by atoms with Crippen LogP contribution in [0.3, 0.4) is 0 Å². The van der Waals surface area contributed by atoms with E-state index in [1.807, 2.05) is 23.7 Å². The monoisotopic (exact) mass is 519 g/mol. The number of fused-ring (bicyclic) bond motifs is 5. The molecule has 3 saturated carbocycles. The molecule has 6 atom stereocenters. The number of para-hydroxylation sites is 1. The molecule has 0 amide bonds. The third kappa shape index (κ3) is 3.43. The number of rotatable bonds is 3. The largest absolute Gasteiger partial charge is 0.466 e. The number of nitrogens with zero attached hydrogens (tertiary/aromatic N) is 2. The normalized spacial score (nSPS) is 37.8. The second kappa shape index (κ2) is 8.39. The quantitative estimate of drug-likeness (QED) is 0.352. The van der Waals surface area contributed by atoms with E-state index in [2.05, 4.69) is 51.3 Å². The van der Waals surface area contributed by atoms with Gasteiger partial charge in [-0.05, 0) is 107 Å². The molecule has 2 aromatic rings. The van der Waals surface area contributed by atoms with Crippen molar-refractivity contribution in [2.45, 2.75) is 96.8 Å². The Labute approximate surface area is 226 Å². The molecule has 2 bridgehead atoms. The van der Waals surface area contributed by atoms with Crippen LogP contribution in [0.25, 0.3) is 0 Å². The van der Waals surface area contributed by atoms with Gasteiger partial charge in [0, 0.05) is 28.3 Å². The van der Waals surface area contributed by atoms with E-state index in [0.717, 1.165) is 37.8 Å². The van der Waals surface area contributed by atoms with E-state index >= 15 is 0 Å². The minimum atomic E-state index is -0.379. The summed E-state index contributed by atoms with van der Waals surface area (Å²) < 4.78 is 7.58. The van der Waals surface area contributed by atoms with Gasteiger partial charge in [0.1, 0.15) is 0 Å². The van der Waals surface area contributed by atoms with Crippen molar-refractivity contribution in [2.24, 2.45) is 22.7 Å². The fraction of sp³-hybridized carbons (Fsp3) is 0.645. The van der Waals surface area contributed by atoms with Crippen LogP contribution in [0.15, 0.2) is 30.5 Å². The van der Waals surface area contributed by atoms with Gasteiger partial charge in [-0.2, -0.15) is 5.10 Å². The Morgan fingerprint density at radius 1 is 1.14 bits per heavy atom. The highest BCUT2D eigenvalue weighted by Crippen LogP contribution is 2.72. The first kappa shape index (κ1) is 25.1. The number of hydrogen-bond acceptors (Lipinski definition) is 4. The molecular weight excluding hydrogens is 478 g/mol. The maximum Gasteiger partial charge on any atom is 0.312 e. The molecular formula is C31H41N3O2S. The Hall–Kier alpha value is -2.21. The Bertz CT molecular complexity index is 1270. The van der Waals surface area contributed by atoms with E-state index in [9.17, 15) is 4.79 Å². The zero-order valence-electron chi connectivity index (χ0n) is 23.0. The number of thiocarbonyl (C=S) groups is 1. The molecule has 6 rings (SSSR count). The summed E-state index contributed by atoms with van der Waals surface area (Å²) in [5.74, 6) is 0.948. The third-order valence-corrected chi connectivity index (χ3v) is 11.5. The highest BCUT2D eigenvalue weighted by molar-refractivity contribution is 7.80. The zero-order valence-corrected chi connectivity index (χ0v) is 23.8. The number of hydrogen-bond donors (Lipinski definition) is 1. The summed E-state index contributed by atoms with van der Waals surface area (Å²) in [6, 6.07) is 8.23. The molecule has 4 aliphatic rings. The molecule has 1 N–H and O–H groups in total. The zero-order chi connectivity index (χ0) is 26.2. The molecule has 6 heteroatoms. The van der Waals surface area contributed by atoms with E-state index in [1.54, 1.807) is 0 Å². The van der Waals surface area contributed by atoms with Gasteiger partial charge >= 0.3 is 5.97 Å². The number of aryl methyl sites for hydroxylation is 1. The van der Waals surface area contributed by atoms with Gasteiger partial charge in [0.05, 0.1) is 17.7 Å². The van der Waals surface area contributed by atoms with Crippen molar-refractivity contribution in [3.63, 3.8) is 0 Å². The van der Waals surface area contributed by atoms with Crippen LogP contribution in [0.5, 0.6) is 0 Å². The van der Waals surface area contributed by atoms with Gasteiger partial charge in [-0.3, -0.25) is 4.79 Å². The van der Waals surface area contributed by atoms with Crippen molar-refractivity contribution < 1.29 is 9.53 Å². The summed E-state index contributed by atoms with van der Waals surface area (Å²) in [6.07, 6.45) is 11.3. The number of benzene rings is 1. The number of aromatic nitrogens is 2. The number of nitrogens with one attached hydrogen (secondary N) is 1. The van der Waals surface area contributed by atoms with E-state index in [0.29, 0.717) is 23.6 Å². The maximum atomic E-state index is 13.3. The SMILES string of the molecule is CCOC(=O)[C@]1(C)CCC[C@@]2(C)[C@@H]3CC[C@@]4(C)C[C@]3(CC[C@@H]21)c1cn(C(=S)Nc2ccccc2C)nc14. The predicted molar refractivity (Wildman–Crippen MR) is 151 cm³/mol. The standard InChI is InChI=1S/C31H41N3O2S/c1-6-36-26(35)30(5)15-9-14-29(4)23(30)13-17-31-19-28(3,16-12-24(29)31)25-21(31)18-34(33-25)27(37)32-22-11-8-7-10-20(22)2/h7-8,10-11,18,23-24H,6,9,12-17,19H2,1-5H3,(H,32,37)/t23-,24-,28-,29+,30+,31+/m0/s1. The van der Waals surface area contributed by atoms with E-state index in [-0.39, 0.29) is 27.6 Å². The Balaban J connectivity index is 1.37. The molecule has 37 heavy (non-hydrogen) atoms. The summed E-state index contributed by atoms with van der Waals surface area (Å²) in [5.41, 5.74) is 4.84. The van der Waals surface area contributed by atoms with Crippen LogP contribution >= 0.6 is 12.2 Å². The van der Waals surface area contributed by atoms with Gasteiger partial charge in [0.2, 0.25) is 0 Å². The molecule has 4 aliphatic carbocycles. The van der Waals surface area contributed by atoms with Crippen LogP contribution < -0.4 is 5.32 Å². The van der Waals surface area contributed by atoms with Gasteiger partial charge in [0.15, 0.2) is 5.11 Å². The molecule has 0 aliphatic heterocycles. The summed E-state index contributed by atoms with van der Waals surface area (Å²) in [4.78, 5) is 13.3. The maximum absolute atomic E-state index is 13.3. The van der Waals surface area contributed by atoms with E-state index < -0.39 is 0 Å². The van der Waals surface area contributed by atoms with Crippen molar-refractivity contribution in [3.8, 4) is 0 Å². The highest BCUT2D eigenvalue weighted by atomic mass is 32.1. The third-order valence-electron chi connectivity index (χ3n) is 11.2. The molecule has 198 valence electrons. The molecule has 1 aromatic heterocycles. The fourth-order valence-electron chi connectivity index (χ4n) is 9.58. The average molecular weight is 520 g/mol. The van der Waals surface area contributed by atoms with E-state index in [4.69, 9.17) is 22.1 Å². The summed E-state index contributed by atoms with van der Waals surface area (Å²) in [7, 11) is 0. The Morgan fingerprint density at radius 2 is 1.89 bits per heavy atom. The van der Waals surface area contributed by atoms with Crippen molar-refractivity contribution in [2.75, 3.05) is 11.9 Å². The number of ether oxygens (including phenoxy) is 1. The Morgan fingerprint density at radius 3 is 2.65 bits per heavy atom. The lowest BCUT2D eigenvalue weighted by Crippen LogP contribution is -2.60. The first-order valence-electron chi connectivity index (χ1n) is 14.2. The lowest BCUT2D eigenvalue weighted by atomic mass is 9.40. The van der Waals surface area contributed by atoms with Gasteiger partial charge in [-0.25, -0.2) is 4.68 Å². The molecule has 3 fully saturated rings. The van der Waals surface area contributed by atoms with Crippen molar-refractivity contribution in [3.05, 3.63) is 47.3 Å². The highest BCUT2D eigenvalue weighted by Gasteiger charge is 2.68. The van der Waals surface area contributed by atoms with Crippen molar-refractivity contribution in [1.82, 2.24) is 9.78 Å². The first-order valence-corrected chi connectivity index (χ1v) is 14.6. The van der Waals surface area contributed by atoms with Crippen LogP contribution in [-0.4, -0.2) is 27.5 Å². The smallest absolute Gasteiger partial charge is 0.312 e. The fourth-order valence-corrected chi connectivity index (χ4v) is 9.79. The molecule has 0 radical (unpaired) electrons. The molecule has 1 spiro atoms. The van der Waals surface area contributed by atoms with E-state index in [1.165, 1.54) is 36.1 Å². The summed E-state index contributed by atoms with van der Waals surface area (Å²) >= 11 is 5.86. The van der Waals surface area contributed by atoms with Gasteiger partial charge < -0.3 is 10.1 Å². The van der Waals surface area contributed by atoms with Gasteiger partial charge in [-0.1, -0.05) is 38.5 Å². The lowest BCUT2D eigenvalue weighted by Gasteiger charge is -2.64. The molecule has 0 unspecified atom stereocenters. The predicted octanol–water partition coefficient (Wildman–Crippen LogP) is 6.92. The first-order chi connectivity index (χ1) is 17.6. The number of anilines is 1. The summed E-state index contributed by atoms with van der Waals surface area (Å²) in [5, 5.41) is 9.23. The van der Waals surface area contributed by atoms with Crippen molar-refractivity contribution in [1.29, 1.82) is 0 Å². The second-order valence-electron chi connectivity index (χ2n) is 13.2. The topological polar surface area (TPSA) is 56.1 Å². The molecule has 5 nitrogen and oxygen atoms in total. The molecule has 1 aromatic carbocycles. The van der Waals surface area contributed by atoms with Crippen LogP contribution in [-0.2, 0) is 20.4 Å². The van der Waals surface area contributed by atoms with Crippen molar-refractivity contribution >= 4 is 29.0 Å². The minimum absolute atomic E-state index is 0.0232. The van der Waals surface area contributed by atoms with Crippen LogP contribution in [0.1, 0.15) is 95.9 Å². The van der Waals surface area contributed by atoms with Crippen LogP contribution in [0, 0.1) is 29.6 Å². The van der Waals surface area contributed by atoms with Gasteiger partial charge in [-0.15, -0.1) is 0 Å². The van der Waals surface area contributed by atoms with Crippen LogP contribution in [0.4, 0.5) is 5.69 Å². The molecule has 0 saturated heterocycles. The number of carbonyl (C=O) groups excluding carboxylic acids is 1. The molecule has 1 heterocycles. The number of esters is 1. The number of carbonyl (C=O) groups is 1. The van der Waals surface area contributed by atoms with Crippen LogP contribution in [0.2, 0.25) is 0 Å².